The molecule has 0 unspecified atom stereocenters. The van der Waals surface area contributed by atoms with E-state index in [1.807, 2.05) is 12.1 Å². The van der Waals surface area contributed by atoms with Gasteiger partial charge in [-0.3, -0.25) is 4.79 Å². The summed E-state index contributed by atoms with van der Waals surface area (Å²) in [6, 6.07) is 8.23. The summed E-state index contributed by atoms with van der Waals surface area (Å²) in [4.78, 5) is 11.6. The van der Waals surface area contributed by atoms with Crippen molar-refractivity contribution in [3.63, 3.8) is 0 Å². The minimum absolute atomic E-state index is 0.148. The zero-order chi connectivity index (χ0) is 13.2. The highest BCUT2D eigenvalue weighted by Crippen LogP contribution is 2.09. The molecule has 0 radical (unpaired) electrons. The van der Waals surface area contributed by atoms with Crippen LogP contribution in [0.4, 0.5) is 0 Å². The molecule has 100 valence electrons. The molecule has 1 aromatic rings. The molecule has 3 nitrogen and oxygen atoms in total. The number of benzene rings is 1. The second-order valence-electron chi connectivity index (χ2n) is 4.48. The molecule has 0 atom stereocenters. The molecule has 1 aromatic carbocycles. The van der Waals surface area contributed by atoms with Gasteiger partial charge < -0.3 is 10.6 Å². The summed E-state index contributed by atoms with van der Waals surface area (Å²) in [6.45, 7) is 6.89. The Morgan fingerprint density at radius 1 is 1.22 bits per heavy atom. The Balaban J connectivity index is 2.15. The molecule has 0 spiro atoms. The summed E-state index contributed by atoms with van der Waals surface area (Å²) in [6.07, 6.45) is 2.39. The van der Waals surface area contributed by atoms with Crippen molar-refractivity contribution in [2.75, 3.05) is 19.6 Å². The molecule has 0 saturated carbocycles. The van der Waals surface area contributed by atoms with Crippen molar-refractivity contribution >= 4 is 5.91 Å². The lowest BCUT2D eigenvalue weighted by Gasteiger charge is -2.07. The van der Waals surface area contributed by atoms with E-state index in [1.54, 1.807) is 0 Å². The molecule has 18 heavy (non-hydrogen) atoms. The summed E-state index contributed by atoms with van der Waals surface area (Å²) < 4.78 is 0. The monoisotopic (exact) mass is 248 g/mol. The number of aryl methyl sites for hydroxylation is 2. The van der Waals surface area contributed by atoms with Gasteiger partial charge in [-0.25, -0.2) is 0 Å². The first-order valence-electron chi connectivity index (χ1n) is 6.76. The van der Waals surface area contributed by atoms with Crippen LogP contribution in [0.5, 0.6) is 0 Å². The van der Waals surface area contributed by atoms with Crippen molar-refractivity contribution < 1.29 is 4.79 Å². The summed E-state index contributed by atoms with van der Waals surface area (Å²) in [5.41, 5.74) is 2.53. The van der Waals surface area contributed by atoms with Gasteiger partial charge in [0.2, 0.25) is 5.91 Å². The second kappa shape index (κ2) is 8.70. The van der Waals surface area contributed by atoms with Crippen molar-refractivity contribution in [1.29, 1.82) is 0 Å². The fourth-order valence-corrected chi connectivity index (χ4v) is 1.85. The third kappa shape index (κ3) is 5.82. The smallest absolute Gasteiger partial charge is 0.220 e. The minimum Gasteiger partial charge on any atom is -0.356 e. The minimum atomic E-state index is 0.148. The predicted octanol–water partition coefficient (Wildman–Crippen LogP) is 2.04. The predicted molar refractivity (Wildman–Crippen MR) is 75.7 cm³/mol. The average molecular weight is 248 g/mol. The van der Waals surface area contributed by atoms with Gasteiger partial charge in [-0.05, 0) is 44.0 Å². The van der Waals surface area contributed by atoms with Crippen LogP contribution in [-0.4, -0.2) is 25.5 Å². The molecule has 0 bridgehead atoms. The van der Waals surface area contributed by atoms with E-state index in [0.717, 1.165) is 32.5 Å². The normalized spacial score (nSPS) is 10.3. The van der Waals surface area contributed by atoms with E-state index in [-0.39, 0.29) is 5.91 Å². The van der Waals surface area contributed by atoms with Crippen LogP contribution in [0.25, 0.3) is 0 Å². The lowest BCUT2D eigenvalue weighted by molar-refractivity contribution is -0.121. The molecule has 0 heterocycles. The Kier molecular flexibility index (Phi) is 7.11. The molecule has 2 N–H and O–H groups in total. The van der Waals surface area contributed by atoms with Crippen LogP contribution in [0.15, 0.2) is 24.3 Å². The maximum absolute atomic E-state index is 11.6. The van der Waals surface area contributed by atoms with E-state index in [2.05, 4.69) is 36.6 Å². The zero-order valence-corrected chi connectivity index (χ0v) is 11.5. The van der Waals surface area contributed by atoms with Gasteiger partial charge in [0.15, 0.2) is 0 Å². The van der Waals surface area contributed by atoms with Crippen LogP contribution in [0.3, 0.4) is 0 Å². The van der Waals surface area contributed by atoms with Gasteiger partial charge in [-0.2, -0.15) is 0 Å². The van der Waals surface area contributed by atoms with Crippen LogP contribution >= 0.6 is 0 Å². The van der Waals surface area contributed by atoms with E-state index in [1.165, 1.54) is 11.1 Å². The lowest BCUT2D eigenvalue weighted by atomic mass is 10.0. The van der Waals surface area contributed by atoms with Crippen LogP contribution in [0.2, 0.25) is 0 Å². The van der Waals surface area contributed by atoms with Gasteiger partial charge >= 0.3 is 0 Å². The highest BCUT2D eigenvalue weighted by atomic mass is 16.1. The molecule has 0 saturated heterocycles. The molecule has 0 aliphatic carbocycles. The zero-order valence-electron chi connectivity index (χ0n) is 11.5. The molecule has 0 aliphatic heterocycles. The summed E-state index contributed by atoms with van der Waals surface area (Å²) in [5, 5.41) is 6.19. The molecular weight excluding hydrogens is 224 g/mol. The van der Waals surface area contributed by atoms with Crippen molar-refractivity contribution in [1.82, 2.24) is 10.6 Å². The van der Waals surface area contributed by atoms with Crippen LogP contribution in [0.1, 0.15) is 30.9 Å². The largest absolute Gasteiger partial charge is 0.356 e. The molecular formula is C15H24N2O. The number of hydrogen-bond acceptors (Lipinski definition) is 2. The number of nitrogens with one attached hydrogen (secondary N) is 2. The van der Waals surface area contributed by atoms with Crippen LogP contribution in [0, 0.1) is 6.92 Å². The summed E-state index contributed by atoms with van der Waals surface area (Å²) in [5.74, 6) is 0.148. The van der Waals surface area contributed by atoms with Gasteiger partial charge in [0.25, 0.3) is 0 Å². The van der Waals surface area contributed by atoms with E-state index in [9.17, 15) is 4.79 Å². The Morgan fingerprint density at radius 2 is 2.00 bits per heavy atom. The molecule has 1 amide bonds. The van der Waals surface area contributed by atoms with E-state index in [0.29, 0.717) is 6.42 Å². The third-order valence-corrected chi connectivity index (χ3v) is 2.99. The molecule has 1 rings (SSSR count). The highest BCUT2D eigenvalue weighted by Gasteiger charge is 2.03. The van der Waals surface area contributed by atoms with Crippen molar-refractivity contribution in [3.05, 3.63) is 35.4 Å². The maximum atomic E-state index is 11.6. The van der Waals surface area contributed by atoms with Gasteiger partial charge in [0, 0.05) is 13.0 Å². The number of amides is 1. The fraction of sp³-hybridized carbons (Fsp3) is 0.533. The SMILES string of the molecule is CCNCCCNC(=O)CCc1ccccc1C. The molecule has 0 fully saturated rings. The van der Waals surface area contributed by atoms with Gasteiger partial charge in [0.05, 0.1) is 0 Å². The number of rotatable bonds is 8. The third-order valence-electron chi connectivity index (χ3n) is 2.99. The van der Waals surface area contributed by atoms with Crippen LogP contribution in [-0.2, 0) is 11.2 Å². The first-order chi connectivity index (χ1) is 8.74. The van der Waals surface area contributed by atoms with E-state index < -0.39 is 0 Å². The van der Waals surface area contributed by atoms with E-state index >= 15 is 0 Å². The number of carbonyl (C=O) groups is 1. The average Bonchev–Trinajstić information content (AvgIpc) is 2.37. The lowest BCUT2D eigenvalue weighted by Crippen LogP contribution is -2.27. The first-order valence-corrected chi connectivity index (χ1v) is 6.76. The first kappa shape index (κ1) is 14.7. The number of carbonyl (C=O) groups excluding carboxylic acids is 1. The quantitative estimate of drug-likeness (QED) is 0.691. The second-order valence-corrected chi connectivity index (χ2v) is 4.48. The Morgan fingerprint density at radius 3 is 2.72 bits per heavy atom. The van der Waals surface area contributed by atoms with Crippen molar-refractivity contribution in [2.45, 2.75) is 33.1 Å². The summed E-state index contributed by atoms with van der Waals surface area (Å²) in [7, 11) is 0. The van der Waals surface area contributed by atoms with Gasteiger partial charge in [0.1, 0.15) is 0 Å². The molecule has 0 aromatic heterocycles. The number of hydrogen-bond donors (Lipinski definition) is 2. The maximum Gasteiger partial charge on any atom is 0.220 e. The Hall–Kier alpha value is -1.35. The fourth-order valence-electron chi connectivity index (χ4n) is 1.85. The van der Waals surface area contributed by atoms with Gasteiger partial charge in [-0.1, -0.05) is 31.2 Å². The van der Waals surface area contributed by atoms with E-state index in [4.69, 9.17) is 0 Å². The van der Waals surface area contributed by atoms with Crippen molar-refractivity contribution in [2.24, 2.45) is 0 Å². The van der Waals surface area contributed by atoms with Crippen molar-refractivity contribution in [3.8, 4) is 0 Å². The summed E-state index contributed by atoms with van der Waals surface area (Å²) >= 11 is 0. The highest BCUT2D eigenvalue weighted by molar-refractivity contribution is 5.76. The molecule has 0 aliphatic rings. The van der Waals surface area contributed by atoms with Crippen LogP contribution < -0.4 is 10.6 Å². The van der Waals surface area contributed by atoms with Gasteiger partial charge in [-0.15, -0.1) is 0 Å². The standard InChI is InChI=1S/C15H24N2O/c1-3-16-11-6-12-17-15(18)10-9-14-8-5-4-7-13(14)2/h4-5,7-8,16H,3,6,9-12H2,1-2H3,(H,17,18). The topological polar surface area (TPSA) is 41.1 Å². The molecule has 3 heteroatoms. The Bertz CT molecular complexity index is 363. The Labute approximate surface area is 110 Å².